The minimum absolute atomic E-state index is 0.0612. The Labute approximate surface area is 145 Å². The lowest BCUT2D eigenvalue weighted by atomic mass is 9.85. The average molecular weight is 337 g/mol. The van der Waals surface area contributed by atoms with Gasteiger partial charge in [-0.15, -0.1) is 0 Å². The number of fused-ring (bicyclic) bond motifs is 1. The van der Waals surface area contributed by atoms with E-state index in [1.54, 1.807) is 18.2 Å². The van der Waals surface area contributed by atoms with Gasteiger partial charge in [0.2, 0.25) is 5.89 Å². The van der Waals surface area contributed by atoms with Crippen LogP contribution in [0.3, 0.4) is 0 Å². The Bertz CT molecular complexity index is 912. The quantitative estimate of drug-likeness (QED) is 0.673. The summed E-state index contributed by atoms with van der Waals surface area (Å²) in [5.74, 6) is -1.29. The number of rotatable bonds is 6. The zero-order chi connectivity index (χ0) is 18.0. The van der Waals surface area contributed by atoms with E-state index >= 15 is 0 Å². The Morgan fingerprint density at radius 2 is 1.84 bits per heavy atom. The maximum absolute atomic E-state index is 12.7. The van der Waals surface area contributed by atoms with Crippen molar-refractivity contribution in [1.82, 2.24) is 4.98 Å². The van der Waals surface area contributed by atoms with Crippen LogP contribution in [0, 0.1) is 11.8 Å². The van der Waals surface area contributed by atoms with Gasteiger partial charge in [-0.1, -0.05) is 32.0 Å². The molecule has 0 radical (unpaired) electrons. The monoisotopic (exact) mass is 337 g/mol. The average Bonchev–Trinajstić information content (AvgIpc) is 3.02. The first-order valence-electron chi connectivity index (χ1n) is 8.17. The molecule has 128 valence electrons. The van der Waals surface area contributed by atoms with Gasteiger partial charge in [-0.3, -0.25) is 9.59 Å². The Kier molecular flexibility index (Phi) is 4.65. The fourth-order valence-corrected chi connectivity index (χ4v) is 2.82. The minimum atomic E-state index is -0.973. The van der Waals surface area contributed by atoms with E-state index in [4.69, 9.17) is 9.52 Å². The van der Waals surface area contributed by atoms with Gasteiger partial charge in [0.1, 0.15) is 5.52 Å². The molecule has 0 saturated heterocycles. The van der Waals surface area contributed by atoms with Crippen LogP contribution in [0.25, 0.3) is 22.6 Å². The van der Waals surface area contributed by atoms with Crippen LogP contribution in [0.4, 0.5) is 0 Å². The summed E-state index contributed by atoms with van der Waals surface area (Å²) in [7, 11) is 0. The third-order valence-corrected chi connectivity index (χ3v) is 4.23. The lowest BCUT2D eigenvalue weighted by Crippen LogP contribution is -2.23. The first-order chi connectivity index (χ1) is 12.0. The molecule has 1 atom stereocenters. The number of carboxylic acid groups (broad SMARTS) is 1. The van der Waals surface area contributed by atoms with Crippen molar-refractivity contribution in [1.29, 1.82) is 0 Å². The fraction of sp³-hybridized carbons (Fsp3) is 0.250. The number of carboxylic acids is 1. The van der Waals surface area contributed by atoms with Gasteiger partial charge in [-0.05, 0) is 36.2 Å². The van der Waals surface area contributed by atoms with E-state index < -0.39 is 11.9 Å². The van der Waals surface area contributed by atoms with Crippen molar-refractivity contribution in [3.63, 3.8) is 0 Å². The van der Waals surface area contributed by atoms with Crippen LogP contribution in [0.2, 0.25) is 0 Å². The second-order valence-corrected chi connectivity index (χ2v) is 6.38. The topological polar surface area (TPSA) is 80.4 Å². The highest BCUT2D eigenvalue weighted by Gasteiger charge is 2.26. The molecule has 1 aromatic heterocycles. The molecule has 5 heteroatoms. The Hall–Kier alpha value is -2.95. The highest BCUT2D eigenvalue weighted by atomic mass is 16.4. The van der Waals surface area contributed by atoms with Crippen LogP contribution in [-0.2, 0) is 4.79 Å². The van der Waals surface area contributed by atoms with Crippen molar-refractivity contribution in [2.24, 2.45) is 11.8 Å². The van der Waals surface area contributed by atoms with Crippen molar-refractivity contribution in [2.45, 2.75) is 20.3 Å². The second kappa shape index (κ2) is 6.89. The number of nitrogens with zero attached hydrogens (tertiary/aromatic N) is 1. The predicted molar refractivity (Wildman–Crippen MR) is 94.4 cm³/mol. The molecule has 3 aromatic rings. The number of aromatic nitrogens is 1. The van der Waals surface area contributed by atoms with Crippen LogP contribution in [0.15, 0.2) is 52.9 Å². The molecule has 0 fully saturated rings. The van der Waals surface area contributed by atoms with Crippen LogP contribution in [0.5, 0.6) is 0 Å². The SMILES string of the molecule is CC(C)C(CC(=O)O)C(=O)c1ccc2nc(-c3ccccc3)oc2c1. The fourth-order valence-electron chi connectivity index (χ4n) is 2.82. The van der Waals surface area contributed by atoms with E-state index in [1.807, 2.05) is 44.2 Å². The first-order valence-corrected chi connectivity index (χ1v) is 8.17. The van der Waals surface area contributed by atoms with Gasteiger partial charge in [0, 0.05) is 17.0 Å². The molecule has 0 spiro atoms. The third-order valence-electron chi connectivity index (χ3n) is 4.23. The zero-order valence-corrected chi connectivity index (χ0v) is 14.1. The molecule has 5 nitrogen and oxygen atoms in total. The normalized spacial score (nSPS) is 12.4. The van der Waals surface area contributed by atoms with Crippen LogP contribution >= 0.6 is 0 Å². The van der Waals surface area contributed by atoms with Gasteiger partial charge in [0.05, 0.1) is 6.42 Å². The molecule has 3 rings (SSSR count). The summed E-state index contributed by atoms with van der Waals surface area (Å²) >= 11 is 0. The second-order valence-electron chi connectivity index (χ2n) is 6.38. The smallest absolute Gasteiger partial charge is 0.304 e. The van der Waals surface area contributed by atoms with E-state index in [-0.39, 0.29) is 18.1 Å². The van der Waals surface area contributed by atoms with Gasteiger partial charge in [-0.25, -0.2) is 4.98 Å². The number of aliphatic carboxylic acids is 1. The molecule has 0 aliphatic carbocycles. The first kappa shape index (κ1) is 16.9. The van der Waals surface area contributed by atoms with Crippen LogP contribution in [-0.4, -0.2) is 21.8 Å². The van der Waals surface area contributed by atoms with Gasteiger partial charge in [0.15, 0.2) is 11.4 Å². The molecule has 0 bridgehead atoms. The summed E-state index contributed by atoms with van der Waals surface area (Å²) in [6, 6.07) is 14.6. The lowest BCUT2D eigenvalue weighted by molar-refractivity contribution is -0.138. The Morgan fingerprint density at radius 3 is 2.48 bits per heavy atom. The molecule has 2 aromatic carbocycles. The van der Waals surface area contributed by atoms with Crippen molar-refractivity contribution < 1.29 is 19.1 Å². The zero-order valence-electron chi connectivity index (χ0n) is 14.1. The lowest BCUT2D eigenvalue weighted by Gasteiger charge is -2.17. The summed E-state index contributed by atoms with van der Waals surface area (Å²) in [6.07, 6.45) is -0.180. The number of carbonyl (C=O) groups is 2. The molecule has 25 heavy (non-hydrogen) atoms. The summed E-state index contributed by atoms with van der Waals surface area (Å²) in [6.45, 7) is 3.71. The van der Waals surface area contributed by atoms with Gasteiger partial charge < -0.3 is 9.52 Å². The number of benzene rings is 2. The molecule has 1 N–H and O–H groups in total. The molecule has 0 aliphatic rings. The number of ketones is 1. The molecular weight excluding hydrogens is 318 g/mol. The highest BCUT2D eigenvalue weighted by molar-refractivity contribution is 6.01. The molecule has 1 heterocycles. The minimum Gasteiger partial charge on any atom is -0.481 e. The van der Waals surface area contributed by atoms with Crippen LogP contribution < -0.4 is 0 Å². The Morgan fingerprint density at radius 1 is 1.12 bits per heavy atom. The summed E-state index contributed by atoms with van der Waals surface area (Å²) < 4.78 is 5.79. The van der Waals surface area contributed by atoms with Crippen molar-refractivity contribution in [2.75, 3.05) is 0 Å². The number of hydrogen-bond acceptors (Lipinski definition) is 4. The van der Waals surface area contributed by atoms with Gasteiger partial charge >= 0.3 is 5.97 Å². The van der Waals surface area contributed by atoms with Gasteiger partial charge in [0.25, 0.3) is 0 Å². The predicted octanol–water partition coefficient (Wildman–Crippen LogP) is 4.42. The summed E-state index contributed by atoms with van der Waals surface area (Å²) in [4.78, 5) is 28.2. The van der Waals surface area contributed by atoms with Gasteiger partial charge in [-0.2, -0.15) is 0 Å². The molecule has 0 saturated carbocycles. The third kappa shape index (κ3) is 3.60. The number of oxazole rings is 1. The highest BCUT2D eigenvalue weighted by Crippen LogP contribution is 2.27. The Balaban J connectivity index is 1.95. The van der Waals surface area contributed by atoms with Crippen molar-refractivity contribution in [3.05, 3.63) is 54.1 Å². The standard InChI is InChI=1S/C20H19NO4/c1-12(2)15(11-18(22)23)19(24)14-8-9-16-17(10-14)25-20(21-16)13-6-4-3-5-7-13/h3-10,12,15H,11H2,1-2H3,(H,22,23). The van der Waals surface area contributed by atoms with E-state index in [1.165, 1.54) is 0 Å². The van der Waals surface area contributed by atoms with Crippen molar-refractivity contribution in [3.8, 4) is 11.5 Å². The molecular formula is C20H19NO4. The number of hydrogen-bond donors (Lipinski definition) is 1. The largest absolute Gasteiger partial charge is 0.481 e. The number of Topliss-reactive ketones (excluding diaryl/α,β-unsaturated/α-hetero) is 1. The maximum atomic E-state index is 12.7. The maximum Gasteiger partial charge on any atom is 0.304 e. The van der Waals surface area contributed by atoms with E-state index in [9.17, 15) is 9.59 Å². The molecule has 0 amide bonds. The summed E-state index contributed by atoms with van der Waals surface area (Å²) in [5, 5.41) is 9.05. The van der Waals surface area contributed by atoms with E-state index in [2.05, 4.69) is 4.98 Å². The summed E-state index contributed by atoms with van der Waals surface area (Å²) in [5.41, 5.74) is 2.48. The number of carbonyl (C=O) groups excluding carboxylic acids is 1. The molecule has 1 unspecified atom stereocenters. The van der Waals surface area contributed by atoms with Crippen LogP contribution in [0.1, 0.15) is 30.6 Å². The van der Waals surface area contributed by atoms with E-state index in [0.29, 0.717) is 22.6 Å². The van der Waals surface area contributed by atoms with Crippen molar-refractivity contribution >= 4 is 22.9 Å². The molecule has 0 aliphatic heterocycles. The van der Waals surface area contributed by atoms with E-state index in [0.717, 1.165) is 5.56 Å².